The summed E-state index contributed by atoms with van der Waals surface area (Å²) < 4.78 is 0. The Morgan fingerprint density at radius 3 is 2.17 bits per heavy atom. The SMILES string of the molecule is CCC(C)C(N)C(=O)NC(Cc1cnc[nH]1)C(=O)NC(CCC(=O)O)C(=O)NC(CCSC)C(=O)O. The number of aliphatic carboxylic acids is 2. The molecule has 0 radical (unpaired) electrons. The van der Waals surface area contributed by atoms with Gasteiger partial charge in [0.2, 0.25) is 17.7 Å². The quantitative estimate of drug-likeness (QED) is 0.137. The lowest BCUT2D eigenvalue weighted by Gasteiger charge is -2.26. The fraction of sp³-hybridized carbons (Fsp3) is 0.636. The Kier molecular flexibility index (Phi) is 13.5. The van der Waals surface area contributed by atoms with Crippen molar-refractivity contribution >= 4 is 41.4 Å². The average molecular weight is 529 g/mol. The van der Waals surface area contributed by atoms with Crippen molar-refractivity contribution in [1.82, 2.24) is 25.9 Å². The molecule has 0 fully saturated rings. The maximum absolute atomic E-state index is 13.2. The molecular formula is C22H36N6O7S. The summed E-state index contributed by atoms with van der Waals surface area (Å²) >= 11 is 1.40. The maximum Gasteiger partial charge on any atom is 0.326 e. The molecule has 36 heavy (non-hydrogen) atoms. The van der Waals surface area contributed by atoms with Gasteiger partial charge < -0.3 is 36.9 Å². The highest BCUT2D eigenvalue weighted by Gasteiger charge is 2.31. The van der Waals surface area contributed by atoms with Gasteiger partial charge in [0.1, 0.15) is 18.1 Å². The van der Waals surface area contributed by atoms with E-state index in [1.165, 1.54) is 24.3 Å². The van der Waals surface area contributed by atoms with Crippen LogP contribution in [-0.4, -0.2) is 86.0 Å². The first-order chi connectivity index (χ1) is 17.0. The number of hydrogen-bond acceptors (Lipinski definition) is 8. The van der Waals surface area contributed by atoms with Crippen molar-refractivity contribution < 1.29 is 34.2 Å². The first-order valence-corrected chi connectivity index (χ1v) is 13.0. The lowest BCUT2D eigenvalue weighted by molar-refractivity contribution is -0.143. The van der Waals surface area contributed by atoms with Crippen LogP contribution < -0.4 is 21.7 Å². The van der Waals surface area contributed by atoms with Gasteiger partial charge in [-0.3, -0.25) is 19.2 Å². The summed E-state index contributed by atoms with van der Waals surface area (Å²) in [4.78, 5) is 68.1. The van der Waals surface area contributed by atoms with E-state index in [0.29, 0.717) is 17.9 Å². The average Bonchev–Trinajstić information content (AvgIpc) is 3.35. The molecule has 14 heteroatoms. The molecule has 0 saturated carbocycles. The molecule has 1 rings (SSSR count). The third-order valence-corrected chi connectivity index (χ3v) is 6.32. The van der Waals surface area contributed by atoms with Gasteiger partial charge in [0.05, 0.1) is 12.4 Å². The number of carboxylic acids is 2. The highest BCUT2D eigenvalue weighted by atomic mass is 32.2. The fourth-order valence-corrected chi connectivity index (χ4v) is 3.65. The number of H-pyrrole nitrogens is 1. The molecule has 0 aromatic carbocycles. The van der Waals surface area contributed by atoms with Crippen molar-refractivity contribution in [3.63, 3.8) is 0 Å². The molecule has 13 nitrogen and oxygen atoms in total. The number of carbonyl (C=O) groups excluding carboxylic acids is 3. The third-order valence-electron chi connectivity index (χ3n) is 5.68. The number of imidazole rings is 1. The second kappa shape index (κ2) is 15.8. The highest BCUT2D eigenvalue weighted by molar-refractivity contribution is 7.98. The Labute approximate surface area is 213 Å². The van der Waals surface area contributed by atoms with E-state index in [-0.39, 0.29) is 25.2 Å². The minimum absolute atomic E-state index is 0.00351. The first-order valence-electron chi connectivity index (χ1n) is 11.6. The van der Waals surface area contributed by atoms with Crippen molar-refractivity contribution in [2.45, 2.75) is 70.1 Å². The van der Waals surface area contributed by atoms with Crippen molar-refractivity contribution in [2.75, 3.05) is 12.0 Å². The number of nitrogens with two attached hydrogens (primary N) is 1. The monoisotopic (exact) mass is 528 g/mol. The van der Waals surface area contributed by atoms with Crippen LogP contribution in [0.1, 0.15) is 45.2 Å². The zero-order valence-corrected chi connectivity index (χ0v) is 21.5. The maximum atomic E-state index is 13.2. The topological polar surface area (TPSA) is 217 Å². The standard InChI is InChI=1S/C22H36N6O7S/c1-4-12(2)18(23)21(33)28-16(9-13-10-24-11-25-13)20(32)26-14(5-6-17(29)30)19(31)27-15(22(34)35)7-8-36-3/h10-12,14-16,18H,4-9,23H2,1-3H3,(H,24,25)(H,26,32)(H,27,31)(H,28,33)(H,29,30)(H,34,35). The zero-order chi connectivity index (χ0) is 27.3. The molecule has 8 N–H and O–H groups in total. The van der Waals surface area contributed by atoms with Crippen molar-refractivity contribution in [1.29, 1.82) is 0 Å². The van der Waals surface area contributed by atoms with Crippen LogP contribution in [0.5, 0.6) is 0 Å². The molecule has 202 valence electrons. The number of amides is 3. The molecule has 0 aliphatic rings. The van der Waals surface area contributed by atoms with Gasteiger partial charge in [-0.15, -0.1) is 0 Å². The molecule has 3 amide bonds. The zero-order valence-electron chi connectivity index (χ0n) is 20.7. The molecule has 1 heterocycles. The third kappa shape index (κ3) is 10.6. The predicted molar refractivity (Wildman–Crippen MR) is 133 cm³/mol. The second-order valence-electron chi connectivity index (χ2n) is 8.43. The number of aromatic nitrogens is 2. The number of thioether (sulfide) groups is 1. The number of carbonyl (C=O) groups is 5. The first kappa shape index (κ1) is 30.9. The van der Waals surface area contributed by atoms with Gasteiger partial charge in [0, 0.05) is 24.7 Å². The van der Waals surface area contributed by atoms with Crippen LogP contribution in [0.15, 0.2) is 12.5 Å². The summed E-state index contributed by atoms with van der Waals surface area (Å²) in [6.07, 6.45) is 4.73. The highest BCUT2D eigenvalue weighted by Crippen LogP contribution is 2.08. The van der Waals surface area contributed by atoms with E-state index >= 15 is 0 Å². The van der Waals surface area contributed by atoms with Crippen molar-refractivity contribution in [3.05, 3.63) is 18.2 Å². The Balaban J connectivity index is 3.08. The summed E-state index contributed by atoms with van der Waals surface area (Å²) in [7, 11) is 0. The van der Waals surface area contributed by atoms with Crippen LogP contribution in [-0.2, 0) is 30.4 Å². The Morgan fingerprint density at radius 1 is 1.03 bits per heavy atom. The van der Waals surface area contributed by atoms with Gasteiger partial charge in [0.15, 0.2) is 0 Å². The molecule has 0 spiro atoms. The van der Waals surface area contributed by atoms with E-state index in [9.17, 15) is 29.1 Å². The normalized spacial score (nSPS) is 15.1. The lowest BCUT2D eigenvalue weighted by atomic mass is 9.98. The molecule has 0 bridgehead atoms. The molecule has 1 aromatic rings. The number of aromatic amines is 1. The van der Waals surface area contributed by atoms with E-state index in [2.05, 4.69) is 25.9 Å². The number of hydrogen-bond donors (Lipinski definition) is 7. The van der Waals surface area contributed by atoms with E-state index in [4.69, 9.17) is 10.8 Å². The summed E-state index contributed by atoms with van der Waals surface area (Å²) in [5.74, 6) is -4.26. The van der Waals surface area contributed by atoms with E-state index in [1.54, 1.807) is 13.2 Å². The largest absolute Gasteiger partial charge is 0.481 e. The molecular weight excluding hydrogens is 492 g/mol. The van der Waals surface area contributed by atoms with E-state index < -0.39 is 60.2 Å². The molecule has 5 atom stereocenters. The van der Waals surface area contributed by atoms with E-state index in [0.717, 1.165) is 0 Å². The number of carboxylic acid groups (broad SMARTS) is 2. The van der Waals surface area contributed by atoms with Crippen LogP contribution in [0.2, 0.25) is 0 Å². The number of rotatable bonds is 17. The van der Waals surface area contributed by atoms with Gasteiger partial charge in [0.25, 0.3) is 0 Å². The summed E-state index contributed by atoms with van der Waals surface area (Å²) in [6, 6.07) is -4.57. The summed E-state index contributed by atoms with van der Waals surface area (Å²) in [5, 5.41) is 25.9. The van der Waals surface area contributed by atoms with Gasteiger partial charge in [-0.05, 0) is 30.8 Å². The molecule has 0 aliphatic carbocycles. The summed E-state index contributed by atoms with van der Waals surface area (Å²) in [5.41, 5.74) is 6.53. The Morgan fingerprint density at radius 2 is 1.64 bits per heavy atom. The predicted octanol–water partition coefficient (Wildman–Crippen LogP) is -0.517. The molecule has 0 saturated heterocycles. The fourth-order valence-electron chi connectivity index (χ4n) is 3.18. The molecule has 0 aliphatic heterocycles. The van der Waals surface area contributed by atoms with Gasteiger partial charge in [-0.2, -0.15) is 11.8 Å². The number of nitrogens with one attached hydrogen (secondary N) is 4. The van der Waals surface area contributed by atoms with Gasteiger partial charge >= 0.3 is 11.9 Å². The second-order valence-corrected chi connectivity index (χ2v) is 9.41. The molecule has 1 aromatic heterocycles. The van der Waals surface area contributed by atoms with Crippen LogP contribution in [0, 0.1) is 5.92 Å². The lowest BCUT2D eigenvalue weighted by Crippen LogP contribution is -2.58. The van der Waals surface area contributed by atoms with Gasteiger partial charge in [-0.25, -0.2) is 9.78 Å². The molecule has 5 unspecified atom stereocenters. The minimum Gasteiger partial charge on any atom is -0.481 e. The van der Waals surface area contributed by atoms with Crippen LogP contribution in [0.4, 0.5) is 0 Å². The Hall–Kier alpha value is -3.13. The Bertz CT molecular complexity index is 882. The number of nitrogens with zero attached hydrogens (tertiary/aromatic N) is 1. The van der Waals surface area contributed by atoms with Crippen LogP contribution in [0.3, 0.4) is 0 Å². The van der Waals surface area contributed by atoms with Crippen molar-refractivity contribution in [2.24, 2.45) is 11.7 Å². The van der Waals surface area contributed by atoms with Gasteiger partial charge in [-0.1, -0.05) is 20.3 Å². The smallest absolute Gasteiger partial charge is 0.326 e. The van der Waals surface area contributed by atoms with Crippen LogP contribution in [0.25, 0.3) is 0 Å². The van der Waals surface area contributed by atoms with E-state index in [1.807, 2.05) is 6.92 Å². The minimum atomic E-state index is -1.34. The summed E-state index contributed by atoms with van der Waals surface area (Å²) in [6.45, 7) is 3.68. The van der Waals surface area contributed by atoms with Crippen molar-refractivity contribution in [3.8, 4) is 0 Å². The van der Waals surface area contributed by atoms with Crippen LogP contribution >= 0.6 is 11.8 Å².